The third-order valence-corrected chi connectivity index (χ3v) is 3.45. The number of Topliss-reactive ketones (excluding diaryl/α,β-unsaturated/α-hetero) is 1. The molecule has 12 heavy (non-hydrogen) atoms. The summed E-state index contributed by atoms with van der Waals surface area (Å²) in [4.78, 5) is 12.9. The van der Waals surface area contributed by atoms with Gasteiger partial charge in [-0.1, -0.05) is 6.42 Å². The molecule has 2 heteroatoms. The zero-order valence-corrected chi connectivity index (χ0v) is 7.99. The maximum Gasteiger partial charge on any atom is 0.167 e. The highest BCUT2D eigenvalue weighted by Gasteiger charge is 2.27. The first-order chi connectivity index (χ1) is 5.79. The molecule has 0 unspecified atom stereocenters. The van der Waals surface area contributed by atoms with Gasteiger partial charge in [0.1, 0.15) is 0 Å². The molecule has 0 aliphatic heterocycles. The van der Waals surface area contributed by atoms with Crippen LogP contribution in [0.1, 0.15) is 34.5 Å². The predicted octanol–water partition coefficient (Wildman–Crippen LogP) is 3.04. The van der Waals surface area contributed by atoms with E-state index in [1.807, 2.05) is 18.4 Å². The molecule has 0 bridgehead atoms. The van der Waals surface area contributed by atoms with Crippen molar-refractivity contribution in [2.24, 2.45) is 5.92 Å². The van der Waals surface area contributed by atoms with Crippen LogP contribution in [-0.2, 0) is 0 Å². The number of carbonyl (C=O) groups is 1. The van der Waals surface area contributed by atoms with E-state index in [-0.39, 0.29) is 0 Å². The van der Waals surface area contributed by atoms with Crippen LogP contribution in [0, 0.1) is 12.8 Å². The molecule has 1 aromatic heterocycles. The Labute approximate surface area is 76.4 Å². The Morgan fingerprint density at radius 2 is 2.33 bits per heavy atom. The Morgan fingerprint density at radius 3 is 2.75 bits per heavy atom. The van der Waals surface area contributed by atoms with Gasteiger partial charge >= 0.3 is 0 Å². The Bertz CT molecular complexity index is 297. The first kappa shape index (κ1) is 7.99. The average Bonchev–Trinajstić information content (AvgIpc) is 2.31. The Balaban J connectivity index is 2.19. The van der Waals surface area contributed by atoms with Crippen molar-refractivity contribution in [1.82, 2.24) is 0 Å². The summed E-state index contributed by atoms with van der Waals surface area (Å²) in [7, 11) is 0. The lowest BCUT2D eigenvalue weighted by atomic mass is 9.80. The van der Waals surface area contributed by atoms with Crippen LogP contribution in [-0.4, -0.2) is 5.78 Å². The SMILES string of the molecule is Cc1sccc1C(=O)C1CCC1. The zero-order valence-electron chi connectivity index (χ0n) is 7.17. The van der Waals surface area contributed by atoms with Gasteiger partial charge in [-0.15, -0.1) is 11.3 Å². The summed E-state index contributed by atoms with van der Waals surface area (Å²) in [5.41, 5.74) is 0.963. The van der Waals surface area contributed by atoms with Gasteiger partial charge in [0.2, 0.25) is 0 Å². The molecular formula is C10H12OS. The predicted molar refractivity (Wildman–Crippen MR) is 50.7 cm³/mol. The van der Waals surface area contributed by atoms with Crippen LogP contribution in [0.2, 0.25) is 0 Å². The van der Waals surface area contributed by atoms with Gasteiger partial charge < -0.3 is 0 Å². The molecule has 0 aromatic carbocycles. The molecule has 0 spiro atoms. The van der Waals surface area contributed by atoms with E-state index in [1.165, 1.54) is 11.3 Å². The average molecular weight is 180 g/mol. The summed E-state index contributed by atoms with van der Waals surface area (Å²) in [6, 6.07) is 1.96. The Morgan fingerprint density at radius 1 is 1.58 bits per heavy atom. The fourth-order valence-electron chi connectivity index (χ4n) is 1.53. The summed E-state index contributed by atoms with van der Waals surface area (Å²) in [5.74, 6) is 0.721. The first-order valence-corrected chi connectivity index (χ1v) is 5.25. The van der Waals surface area contributed by atoms with Crippen molar-refractivity contribution in [3.8, 4) is 0 Å². The standard InChI is InChI=1S/C10H12OS/c1-7-9(5-6-12-7)10(11)8-3-2-4-8/h5-6,8H,2-4H2,1H3. The number of carbonyl (C=O) groups excluding carboxylic acids is 1. The van der Waals surface area contributed by atoms with Crippen molar-refractivity contribution < 1.29 is 4.79 Å². The molecule has 1 fully saturated rings. The molecule has 0 radical (unpaired) electrons. The van der Waals surface area contributed by atoms with Gasteiger partial charge in [0.25, 0.3) is 0 Å². The summed E-state index contributed by atoms with van der Waals surface area (Å²) in [6.45, 7) is 2.02. The van der Waals surface area contributed by atoms with Gasteiger partial charge in [0.05, 0.1) is 0 Å². The van der Waals surface area contributed by atoms with Crippen LogP contribution in [0.3, 0.4) is 0 Å². The lowest BCUT2D eigenvalue weighted by Gasteiger charge is -2.23. The smallest absolute Gasteiger partial charge is 0.167 e. The maximum atomic E-state index is 11.7. The van der Waals surface area contributed by atoms with Gasteiger partial charge in [-0.25, -0.2) is 0 Å². The number of ketones is 1. The second-order valence-electron chi connectivity index (χ2n) is 3.38. The molecule has 1 aromatic rings. The molecule has 1 aliphatic rings. The van der Waals surface area contributed by atoms with Gasteiger partial charge in [-0.2, -0.15) is 0 Å². The van der Waals surface area contributed by atoms with Crippen LogP contribution >= 0.6 is 11.3 Å². The molecule has 1 heterocycles. The molecule has 1 nitrogen and oxygen atoms in total. The number of thiophene rings is 1. The van der Waals surface area contributed by atoms with Crippen LogP contribution in [0.25, 0.3) is 0 Å². The minimum Gasteiger partial charge on any atom is -0.294 e. The normalized spacial score (nSPS) is 17.4. The first-order valence-electron chi connectivity index (χ1n) is 4.37. The van der Waals surface area contributed by atoms with Crippen molar-refractivity contribution in [3.63, 3.8) is 0 Å². The van der Waals surface area contributed by atoms with Crippen LogP contribution < -0.4 is 0 Å². The van der Waals surface area contributed by atoms with Gasteiger partial charge in [-0.3, -0.25) is 4.79 Å². The zero-order chi connectivity index (χ0) is 8.55. The van der Waals surface area contributed by atoms with E-state index in [2.05, 4.69) is 0 Å². The summed E-state index contributed by atoms with van der Waals surface area (Å²) in [6.07, 6.45) is 3.45. The molecule has 0 N–H and O–H groups in total. The summed E-state index contributed by atoms with van der Waals surface area (Å²) in [5, 5.41) is 2.00. The monoisotopic (exact) mass is 180 g/mol. The van der Waals surface area contributed by atoms with Crippen LogP contribution in [0.5, 0.6) is 0 Å². The fraction of sp³-hybridized carbons (Fsp3) is 0.500. The molecule has 2 rings (SSSR count). The minimum absolute atomic E-state index is 0.346. The highest BCUT2D eigenvalue weighted by atomic mass is 32.1. The second-order valence-corrected chi connectivity index (χ2v) is 4.50. The number of hydrogen-bond acceptors (Lipinski definition) is 2. The van der Waals surface area contributed by atoms with E-state index in [4.69, 9.17) is 0 Å². The topological polar surface area (TPSA) is 17.1 Å². The molecule has 1 saturated carbocycles. The van der Waals surface area contributed by atoms with Crippen molar-refractivity contribution >= 4 is 17.1 Å². The van der Waals surface area contributed by atoms with E-state index >= 15 is 0 Å². The highest BCUT2D eigenvalue weighted by Crippen LogP contribution is 2.31. The Hall–Kier alpha value is -0.630. The molecule has 64 valence electrons. The van der Waals surface area contributed by atoms with Crippen LogP contribution in [0.15, 0.2) is 11.4 Å². The summed E-state index contributed by atoms with van der Waals surface area (Å²) < 4.78 is 0. The number of aryl methyl sites for hydroxylation is 1. The van der Waals surface area contributed by atoms with Crippen molar-refractivity contribution in [2.45, 2.75) is 26.2 Å². The second kappa shape index (κ2) is 3.02. The fourth-order valence-corrected chi connectivity index (χ4v) is 2.23. The van der Waals surface area contributed by atoms with Gasteiger partial charge in [0, 0.05) is 16.4 Å². The number of hydrogen-bond donors (Lipinski definition) is 0. The minimum atomic E-state index is 0.346. The third-order valence-electron chi connectivity index (χ3n) is 2.60. The van der Waals surface area contributed by atoms with Gasteiger partial charge in [-0.05, 0) is 31.2 Å². The van der Waals surface area contributed by atoms with E-state index in [1.54, 1.807) is 11.3 Å². The lowest BCUT2D eigenvalue weighted by Crippen LogP contribution is -2.21. The van der Waals surface area contributed by atoms with E-state index in [0.717, 1.165) is 18.4 Å². The van der Waals surface area contributed by atoms with Crippen molar-refractivity contribution in [2.75, 3.05) is 0 Å². The Kier molecular flexibility index (Phi) is 2.01. The van der Waals surface area contributed by atoms with E-state index in [9.17, 15) is 4.79 Å². The quantitative estimate of drug-likeness (QED) is 0.639. The lowest BCUT2D eigenvalue weighted by molar-refractivity contribution is 0.0855. The molecule has 0 amide bonds. The molecule has 0 atom stereocenters. The molecule has 0 saturated heterocycles. The van der Waals surface area contributed by atoms with E-state index < -0.39 is 0 Å². The van der Waals surface area contributed by atoms with Gasteiger partial charge in [0.15, 0.2) is 5.78 Å². The van der Waals surface area contributed by atoms with Crippen LogP contribution in [0.4, 0.5) is 0 Å². The van der Waals surface area contributed by atoms with E-state index in [0.29, 0.717) is 11.7 Å². The van der Waals surface area contributed by atoms with Crippen molar-refractivity contribution in [1.29, 1.82) is 0 Å². The third kappa shape index (κ3) is 1.20. The molecule has 1 aliphatic carbocycles. The number of rotatable bonds is 2. The maximum absolute atomic E-state index is 11.7. The largest absolute Gasteiger partial charge is 0.294 e. The summed E-state index contributed by atoms with van der Waals surface area (Å²) >= 11 is 1.66. The highest BCUT2D eigenvalue weighted by molar-refractivity contribution is 7.10. The van der Waals surface area contributed by atoms with Crippen molar-refractivity contribution in [3.05, 3.63) is 21.9 Å². The molecular weight excluding hydrogens is 168 g/mol.